The van der Waals surface area contributed by atoms with Gasteiger partial charge in [0.05, 0.1) is 11.1 Å². The second-order valence-corrected chi connectivity index (χ2v) is 4.26. The highest BCUT2D eigenvalue weighted by Gasteiger charge is 2.06. The van der Waals surface area contributed by atoms with E-state index in [0.29, 0.717) is 13.0 Å². The molecule has 1 rings (SSSR count). The molecular weight excluding hydrogens is 261 g/mol. The smallest absolute Gasteiger partial charge is 0.257 e. The van der Waals surface area contributed by atoms with Gasteiger partial charge in [-0.2, -0.15) is 0 Å². The molecule has 2 N–H and O–H groups in total. The highest BCUT2D eigenvalue weighted by atomic mass is 35.5. The largest absolute Gasteiger partial charge is 0.482 e. The number of hydrogen-bond acceptors (Lipinski definition) is 3. The van der Waals surface area contributed by atoms with Crippen LogP contribution in [0, 0.1) is 5.82 Å². The number of carbonyl (C=O) groups excluding carboxylic acids is 1. The van der Waals surface area contributed by atoms with Crippen molar-refractivity contribution in [3.8, 4) is 5.75 Å². The van der Waals surface area contributed by atoms with E-state index in [2.05, 4.69) is 5.32 Å². The van der Waals surface area contributed by atoms with Gasteiger partial charge in [0.15, 0.2) is 6.61 Å². The summed E-state index contributed by atoms with van der Waals surface area (Å²) in [6.45, 7) is 1.81. The minimum Gasteiger partial charge on any atom is -0.482 e. The Bertz CT molecular complexity index is 412. The molecule has 1 aromatic carbocycles. The third-order valence-electron chi connectivity index (χ3n) is 2.14. The molecule has 0 aromatic heterocycles. The van der Waals surface area contributed by atoms with Crippen LogP contribution in [-0.2, 0) is 4.79 Å². The Kier molecular flexibility index (Phi) is 5.88. The fourth-order valence-corrected chi connectivity index (χ4v) is 1.43. The van der Waals surface area contributed by atoms with Gasteiger partial charge in [0.2, 0.25) is 0 Å². The molecule has 0 aliphatic rings. The maximum Gasteiger partial charge on any atom is 0.257 e. The first-order valence-corrected chi connectivity index (χ1v) is 5.89. The number of hydrogen-bond donors (Lipinski definition) is 2. The van der Waals surface area contributed by atoms with Crippen LogP contribution in [0.15, 0.2) is 18.2 Å². The lowest BCUT2D eigenvalue weighted by molar-refractivity contribution is -0.123. The summed E-state index contributed by atoms with van der Waals surface area (Å²) in [4.78, 5) is 11.3. The van der Waals surface area contributed by atoms with E-state index in [-0.39, 0.29) is 23.3 Å². The molecule has 0 aliphatic heterocycles. The second-order valence-electron chi connectivity index (χ2n) is 3.85. The average Bonchev–Trinajstić information content (AvgIpc) is 2.27. The molecule has 1 aromatic rings. The summed E-state index contributed by atoms with van der Waals surface area (Å²) < 4.78 is 17.9. The van der Waals surface area contributed by atoms with Gasteiger partial charge in [-0.15, -0.1) is 0 Å². The highest BCUT2D eigenvalue weighted by Crippen LogP contribution is 2.24. The van der Waals surface area contributed by atoms with Crippen LogP contribution in [-0.4, -0.2) is 30.3 Å². The molecule has 0 fully saturated rings. The highest BCUT2D eigenvalue weighted by molar-refractivity contribution is 6.32. The van der Waals surface area contributed by atoms with E-state index in [0.717, 1.165) is 6.07 Å². The third kappa shape index (κ3) is 5.33. The molecular formula is C12H15ClFNO3. The second kappa shape index (κ2) is 7.18. The van der Waals surface area contributed by atoms with Crippen LogP contribution in [0.3, 0.4) is 0 Å². The Balaban J connectivity index is 2.33. The van der Waals surface area contributed by atoms with Gasteiger partial charge in [-0.25, -0.2) is 4.39 Å². The molecule has 1 atom stereocenters. The van der Waals surface area contributed by atoms with E-state index in [1.807, 2.05) is 0 Å². The SMILES string of the molecule is CC(O)CCNC(=O)COc1ccc(F)cc1Cl. The van der Waals surface area contributed by atoms with Gasteiger partial charge in [0.25, 0.3) is 5.91 Å². The van der Waals surface area contributed by atoms with Crippen molar-refractivity contribution in [3.05, 3.63) is 29.0 Å². The van der Waals surface area contributed by atoms with Crippen molar-refractivity contribution >= 4 is 17.5 Å². The average molecular weight is 276 g/mol. The lowest BCUT2D eigenvalue weighted by Crippen LogP contribution is -2.31. The topological polar surface area (TPSA) is 58.6 Å². The van der Waals surface area contributed by atoms with Crippen molar-refractivity contribution in [2.45, 2.75) is 19.4 Å². The molecule has 18 heavy (non-hydrogen) atoms. The van der Waals surface area contributed by atoms with Gasteiger partial charge in [0.1, 0.15) is 11.6 Å². The maximum absolute atomic E-state index is 12.7. The number of ether oxygens (including phenoxy) is 1. The lowest BCUT2D eigenvalue weighted by atomic mass is 10.3. The number of benzene rings is 1. The molecule has 1 amide bonds. The predicted molar refractivity (Wildman–Crippen MR) is 66.2 cm³/mol. The number of rotatable bonds is 6. The summed E-state index contributed by atoms with van der Waals surface area (Å²) in [5.74, 6) is -0.534. The first-order valence-electron chi connectivity index (χ1n) is 5.51. The summed E-state index contributed by atoms with van der Waals surface area (Å²) in [6, 6.07) is 3.68. The van der Waals surface area contributed by atoms with E-state index < -0.39 is 11.9 Å². The Morgan fingerprint density at radius 2 is 2.33 bits per heavy atom. The molecule has 4 nitrogen and oxygen atoms in total. The first-order chi connectivity index (χ1) is 8.49. The summed E-state index contributed by atoms with van der Waals surface area (Å²) in [6.07, 6.45) is 0.0148. The quantitative estimate of drug-likeness (QED) is 0.831. The number of aliphatic hydroxyl groups is 1. The van der Waals surface area contributed by atoms with Crippen LogP contribution < -0.4 is 10.1 Å². The summed E-state index contributed by atoms with van der Waals surface area (Å²) in [5.41, 5.74) is 0. The Hall–Kier alpha value is -1.33. The zero-order chi connectivity index (χ0) is 13.5. The van der Waals surface area contributed by atoms with Gasteiger partial charge >= 0.3 is 0 Å². The van der Waals surface area contributed by atoms with E-state index in [1.165, 1.54) is 12.1 Å². The molecule has 0 bridgehead atoms. The van der Waals surface area contributed by atoms with Crippen LogP contribution in [0.2, 0.25) is 5.02 Å². The lowest BCUT2D eigenvalue weighted by Gasteiger charge is -2.09. The Labute approximate surface area is 110 Å². The van der Waals surface area contributed by atoms with E-state index in [1.54, 1.807) is 6.92 Å². The molecule has 0 saturated heterocycles. The number of nitrogens with one attached hydrogen (secondary N) is 1. The van der Waals surface area contributed by atoms with Crippen LogP contribution in [0.5, 0.6) is 5.75 Å². The summed E-state index contributed by atoms with van der Waals surface area (Å²) in [5, 5.41) is 11.7. The molecule has 0 saturated carbocycles. The number of amides is 1. The molecule has 0 spiro atoms. The molecule has 1 unspecified atom stereocenters. The van der Waals surface area contributed by atoms with Crippen molar-refractivity contribution in [2.24, 2.45) is 0 Å². The monoisotopic (exact) mass is 275 g/mol. The summed E-state index contributed by atoms with van der Waals surface area (Å²) >= 11 is 5.73. The first kappa shape index (κ1) is 14.7. The minimum absolute atomic E-state index is 0.117. The molecule has 0 radical (unpaired) electrons. The zero-order valence-electron chi connectivity index (χ0n) is 9.95. The van der Waals surface area contributed by atoms with Crippen molar-refractivity contribution < 1.29 is 19.0 Å². The maximum atomic E-state index is 12.7. The van der Waals surface area contributed by atoms with Crippen molar-refractivity contribution in [2.75, 3.05) is 13.2 Å². The van der Waals surface area contributed by atoms with E-state index in [4.69, 9.17) is 21.4 Å². The van der Waals surface area contributed by atoms with Crippen molar-refractivity contribution in [1.29, 1.82) is 0 Å². The third-order valence-corrected chi connectivity index (χ3v) is 2.43. The fourth-order valence-electron chi connectivity index (χ4n) is 1.21. The van der Waals surface area contributed by atoms with E-state index in [9.17, 15) is 9.18 Å². The zero-order valence-corrected chi connectivity index (χ0v) is 10.7. The van der Waals surface area contributed by atoms with Gasteiger partial charge in [-0.1, -0.05) is 11.6 Å². The van der Waals surface area contributed by atoms with Crippen LogP contribution in [0.1, 0.15) is 13.3 Å². The van der Waals surface area contributed by atoms with Crippen LogP contribution >= 0.6 is 11.6 Å². The number of halogens is 2. The number of aliphatic hydroxyl groups excluding tert-OH is 1. The minimum atomic E-state index is -0.464. The van der Waals surface area contributed by atoms with Crippen molar-refractivity contribution in [3.63, 3.8) is 0 Å². The normalized spacial score (nSPS) is 12.0. The van der Waals surface area contributed by atoms with Gasteiger partial charge in [0, 0.05) is 6.54 Å². The van der Waals surface area contributed by atoms with Gasteiger partial charge in [-0.05, 0) is 31.5 Å². The number of carbonyl (C=O) groups is 1. The van der Waals surface area contributed by atoms with Crippen LogP contribution in [0.4, 0.5) is 4.39 Å². The molecule has 100 valence electrons. The molecule has 0 aliphatic carbocycles. The molecule has 6 heteroatoms. The fraction of sp³-hybridized carbons (Fsp3) is 0.417. The predicted octanol–water partition coefficient (Wildman–Crippen LogP) is 1.74. The van der Waals surface area contributed by atoms with Gasteiger partial charge in [-0.3, -0.25) is 4.79 Å². The van der Waals surface area contributed by atoms with Gasteiger partial charge < -0.3 is 15.2 Å². The van der Waals surface area contributed by atoms with E-state index >= 15 is 0 Å². The summed E-state index contributed by atoms with van der Waals surface area (Å²) in [7, 11) is 0. The standard InChI is InChI=1S/C12H15ClFNO3/c1-8(16)4-5-15-12(17)7-18-11-3-2-9(14)6-10(11)13/h2-3,6,8,16H,4-5,7H2,1H3,(H,15,17). The molecule has 0 heterocycles. The Morgan fingerprint density at radius 1 is 1.61 bits per heavy atom. The van der Waals surface area contributed by atoms with Crippen molar-refractivity contribution in [1.82, 2.24) is 5.32 Å². The van der Waals surface area contributed by atoms with Crippen LogP contribution in [0.25, 0.3) is 0 Å². The Morgan fingerprint density at radius 3 is 2.94 bits per heavy atom.